The zero-order chi connectivity index (χ0) is 34.3. The highest BCUT2D eigenvalue weighted by Crippen LogP contribution is 2.57. The van der Waals surface area contributed by atoms with E-state index in [4.69, 9.17) is 0 Å². The maximum absolute atomic E-state index is 2.46. The molecule has 0 atom stereocenters. The van der Waals surface area contributed by atoms with Gasteiger partial charge in [-0.3, -0.25) is 0 Å². The zero-order valence-corrected chi connectivity index (χ0v) is 29.8. The van der Waals surface area contributed by atoms with Crippen LogP contribution in [0.1, 0.15) is 47.9 Å². The van der Waals surface area contributed by atoms with Gasteiger partial charge in [0.05, 0.1) is 5.69 Å². The maximum atomic E-state index is 2.46. The predicted molar refractivity (Wildman–Crippen MR) is 217 cm³/mol. The lowest BCUT2D eigenvalue weighted by Gasteiger charge is -2.33. The van der Waals surface area contributed by atoms with Crippen molar-refractivity contribution in [1.29, 1.82) is 0 Å². The molecule has 1 nitrogen and oxygen atoms in total. The van der Waals surface area contributed by atoms with Gasteiger partial charge in [0.1, 0.15) is 0 Å². The van der Waals surface area contributed by atoms with Crippen LogP contribution in [0.4, 0.5) is 17.1 Å². The molecule has 0 radical (unpaired) electrons. The highest BCUT2D eigenvalue weighted by molar-refractivity contribution is 7.20. The molecule has 1 heterocycles. The molecule has 0 bridgehead atoms. The highest BCUT2D eigenvalue weighted by atomic mass is 32.1. The summed E-state index contributed by atoms with van der Waals surface area (Å²) in [6, 6.07) is 62.9. The molecule has 2 aliphatic carbocycles. The second kappa shape index (κ2) is 11.2. The van der Waals surface area contributed by atoms with Crippen LogP contribution < -0.4 is 4.90 Å². The molecule has 0 aliphatic heterocycles. The van der Waals surface area contributed by atoms with Crippen molar-refractivity contribution in [2.45, 2.75) is 31.6 Å². The van der Waals surface area contributed by atoms with Crippen LogP contribution in [0, 0.1) is 0 Å². The van der Waals surface area contributed by atoms with Crippen LogP contribution in [-0.2, 0) is 10.8 Å². The normalized spacial score (nSPS) is 14.5. The van der Waals surface area contributed by atoms with Crippen LogP contribution in [-0.4, -0.2) is 0 Å². The molecule has 0 N–H and O–H groups in total. The minimum absolute atomic E-state index is 0.0151. The smallest absolute Gasteiger partial charge is 0.0540 e. The van der Waals surface area contributed by atoms with Crippen molar-refractivity contribution in [2.75, 3.05) is 4.90 Å². The SMILES string of the molecule is CC1(C)c2ccccc2-c2c1sc1ccc(N(c3ccccc3)c3ccccc3-c3ccccc3C3(C)c4ccccc4-c4ccccc43)cc21. The Hall–Kier alpha value is -5.70. The number of para-hydroxylation sites is 2. The van der Waals surface area contributed by atoms with Crippen molar-refractivity contribution in [3.63, 3.8) is 0 Å². The second-order valence-electron chi connectivity index (χ2n) is 14.6. The topological polar surface area (TPSA) is 3.24 Å². The molecule has 0 amide bonds. The summed E-state index contributed by atoms with van der Waals surface area (Å²) in [5, 5.41) is 1.33. The summed E-state index contributed by atoms with van der Waals surface area (Å²) in [5.74, 6) is 0. The van der Waals surface area contributed by atoms with Crippen molar-refractivity contribution in [1.82, 2.24) is 0 Å². The Kier molecular flexibility index (Phi) is 6.59. The lowest BCUT2D eigenvalue weighted by molar-refractivity contribution is 0.674. The van der Waals surface area contributed by atoms with Crippen LogP contribution in [0.5, 0.6) is 0 Å². The molecule has 10 rings (SSSR count). The molecule has 1 aromatic heterocycles. The summed E-state index contributed by atoms with van der Waals surface area (Å²) in [6.45, 7) is 7.16. The van der Waals surface area contributed by atoms with Crippen molar-refractivity contribution in [3.8, 4) is 33.4 Å². The molecule has 8 aromatic rings. The van der Waals surface area contributed by atoms with Gasteiger partial charge in [0.15, 0.2) is 0 Å². The van der Waals surface area contributed by atoms with Gasteiger partial charge in [-0.25, -0.2) is 0 Å². The van der Waals surface area contributed by atoms with Gasteiger partial charge in [0, 0.05) is 48.3 Å². The fraction of sp³-hybridized carbons (Fsp3) is 0.102. The van der Waals surface area contributed by atoms with E-state index in [0.29, 0.717) is 0 Å². The van der Waals surface area contributed by atoms with Crippen LogP contribution >= 0.6 is 11.3 Å². The zero-order valence-electron chi connectivity index (χ0n) is 29.0. The highest BCUT2D eigenvalue weighted by Gasteiger charge is 2.42. The van der Waals surface area contributed by atoms with E-state index in [-0.39, 0.29) is 10.8 Å². The predicted octanol–water partition coefficient (Wildman–Crippen LogP) is 13.7. The number of nitrogens with zero attached hydrogens (tertiary/aromatic N) is 1. The third kappa shape index (κ3) is 4.27. The van der Waals surface area contributed by atoms with E-state index in [0.717, 1.165) is 17.1 Å². The van der Waals surface area contributed by atoms with Gasteiger partial charge in [-0.05, 0) is 87.8 Å². The van der Waals surface area contributed by atoms with Crippen LogP contribution in [0.2, 0.25) is 0 Å². The van der Waals surface area contributed by atoms with Crippen molar-refractivity contribution in [2.24, 2.45) is 0 Å². The number of hydrogen-bond donors (Lipinski definition) is 0. The van der Waals surface area contributed by atoms with Gasteiger partial charge < -0.3 is 4.90 Å². The van der Waals surface area contributed by atoms with Crippen molar-refractivity contribution >= 4 is 38.5 Å². The summed E-state index contributed by atoms with van der Waals surface area (Å²) >= 11 is 1.95. The van der Waals surface area contributed by atoms with Gasteiger partial charge in [-0.15, -0.1) is 11.3 Å². The Morgan fingerprint density at radius 3 is 1.55 bits per heavy atom. The number of rotatable bonds is 5. The van der Waals surface area contributed by atoms with Crippen molar-refractivity contribution in [3.05, 3.63) is 197 Å². The van der Waals surface area contributed by atoms with Gasteiger partial charge >= 0.3 is 0 Å². The van der Waals surface area contributed by atoms with Gasteiger partial charge in [-0.2, -0.15) is 0 Å². The van der Waals surface area contributed by atoms with Crippen LogP contribution in [0.25, 0.3) is 43.5 Å². The molecule has 0 unspecified atom stereocenters. The molecule has 0 saturated heterocycles. The van der Waals surface area contributed by atoms with E-state index in [1.165, 1.54) is 70.6 Å². The van der Waals surface area contributed by atoms with E-state index >= 15 is 0 Å². The van der Waals surface area contributed by atoms with E-state index < -0.39 is 0 Å². The Morgan fingerprint density at radius 2 is 0.922 bits per heavy atom. The molecule has 2 heteroatoms. The van der Waals surface area contributed by atoms with Gasteiger partial charge in [0.25, 0.3) is 0 Å². The number of anilines is 3. The third-order valence-corrected chi connectivity index (χ3v) is 13.0. The summed E-state index contributed by atoms with van der Waals surface area (Å²) < 4.78 is 1.34. The molecule has 244 valence electrons. The number of fused-ring (bicyclic) bond motifs is 8. The van der Waals surface area contributed by atoms with E-state index in [2.05, 4.69) is 196 Å². The summed E-state index contributed by atoms with van der Waals surface area (Å²) in [4.78, 5) is 3.92. The lowest BCUT2D eigenvalue weighted by Crippen LogP contribution is -2.23. The quantitative estimate of drug-likeness (QED) is 0.176. The first-order valence-corrected chi connectivity index (χ1v) is 18.7. The molecule has 51 heavy (non-hydrogen) atoms. The number of benzene rings is 7. The average Bonchev–Trinajstić information content (AvgIpc) is 3.77. The van der Waals surface area contributed by atoms with Crippen LogP contribution in [0.3, 0.4) is 0 Å². The maximum Gasteiger partial charge on any atom is 0.0540 e. The Labute approximate surface area is 304 Å². The third-order valence-electron chi connectivity index (χ3n) is 11.5. The molecule has 7 aromatic carbocycles. The molecular formula is C49H37NS. The molecule has 0 fully saturated rings. The summed E-state index contributed by atoms with van der Waals surface area (Å²) in [6.07, 6.45) is 0. The monoisotopic (exact) mass is 671 g/mol. The largest absolute Gasteiger partial charge is 0.310 e. The lowest BCUT2D eigenvalue weighted by atomic mass is 9.71. The van der Waals surface area contributed by atoms with Crippen LogP contribution in [0.15, 0.2) is 170 Å². The standard InChI is InChI=1S/C49H37NS/c1-48(2)40-24-12-10-23-38(40)46-39-31-33(29-30-45(39)51-47(46)48)50(32-17-5-4-6-18-32)44-28-16-11-22-37(44)36-21-9-15-27-43(36)49(3)41-25-13-7-19-34(41)35-20-8-14-26-42(35)49/h4-31H,1-3H3. The minimum Gasteiger partial charge on any atom is -0.310 e. The minimum atomic E-state index is -0.315. The molecule has 2 aliphatic rings. The van der Waals surface area contributed by atoms with E-state index in [1.807, 2.05) is 11.3 Å². The van der Waals surface area contributed by atoms with Crippen molar-refractivity contribution < 1.29 is 0 Å². The average molecular weight is 672 g/mol. The summed E-state index contributed by atoms with van der Waals surface area (Å²) in [5.41, 5.74) is 16.4. The Morgan fingerprint density at radius 1 is 0.431 bits per heavy atom. The van der Waals surface area contributed by atoms with Gasteiger partial charge in [0.2, 0.25) is 0 Å². The van der Waals surface area contributed by atoms with E-state index in [9.17, 15) is 0 Å². The first-order chi connectivity index (χ1) is 25.0. The first-order valence-electron chi connectivity index (χ1n) is 17.9. The fourth-order valence-corrected chi connectivity index (χ4v) is 10.4. The number of thiophene rings is 1. The second-order valence-corrected chi connectivity index (χ2v) is 15.7. The fourth-order valence-electron chi connectivity index (χ4n) is 9.10. The molecular weight excluding hydrogens is 635 g/mol. The first kappa shape index (κ1) is 30.2. The van der Waals surface area contributed by atoms with E-state index in [1.54, 1.807) is 0 Å². The molecule has 0 saturated carbocycles. The number of hydrogen-bond acceptors (Lipinski definition) is 2. The Balaban J connectivity index is 1.20. The summed E-state index contributed by atoms with van der Waals surface area (Å²) in [7, 11) is 0. The Bertz CT molecular complexity index is 2600. The molecule has 0 spiro atoms. The van der Waals surface area contributed by atoms with Gasteiger partial charge in [-0.1, -0.05) is 147 Å².